The van der Waals surface area contributed by atoms with Gasteiger partial charge >= 0.3 is 0 Å². The molecule has 0 fully saturated rings. The lowest BCUT2D eigenvalue weighted by atomic mass is 10.1. The summed E-state index contributed by atoms with van der Waals surface area (Å²) < 4.78 is 0. The number of carbonyl (C=O) groups excluding carboxylic acids is 1. The maximum absolute atomic E-state index is 12.0. The molecule has 2 aromatic rings. The molecule has 0 radical (unpaired) electrons. The third kappa shape index (κ3) is 3.97. The molecule has 122 valence electrons. The minimum atomic E-state index is -0.810. The fraction of sp³-hybridized carbons (Fsp3) is 0.0667. The number of carbonyl (C=O) groups is 1. The zero-order valence-corrected chi connectivity index (χ0v) is 12.2. The van der Waals surface area contributed by atoms with Crippen molar-refractivity contribution in [2.75, 3.05) is 6.54 Å². The molecule has 0 saturated heterocycles. The molecule has 0 saturated carbocycles. The van der Waals surface area contributed by atoms with E-state index in [1.807, 2.05) is 0 Å². The van der Waals surface area contributed by atoms with Crippen LogP contribution in [0.15, 0.2) is 47.5 Å². The molecule has 0 atom stereocenters. The number of para-hydroxylation sites is 1. The number of phenols is 1. The Morgan fingerprint density at radius 3 is 2.21 bits per heavy atom. The molecule has 2 rings (SSSR count). The number of hydrogen-bond donors (Lipinski definition) is 1. The maximum Gasteiger partial charge on any atom is 0.277 e. The summed E-state index contributed by atoms with van der Waals surface area (Å²) in [6.45, 7) is -0.368. The van der Waals surface area contributed by atoms with Gasteiger partial charge in [-0.2, -0.15) is 0 Å². The molecule has 24 heavy (non-hydrogen) atoms. The van der Waals surface area contributed by atoms with Crippen molar-refractivity contribution in [2.45, 2.75) is 0 Å². The average molecular weight is 329 g/mol. The first-order chi connectivity index (χ1) is 11.4. The number of nitro benzene ring substituents is 2. The van der Waals surface area contributed by atoms with Gasteiger partial charge in [0.25, 0.3) is 11.4 Å². The van der Waals surface area contributed by atoms with Crippen LogP contribution in [-0.2, 0) is 0 Å². The van der Waals surface area contributed by atoms with Gasteiger partial charge in [0.15, 0.2) is 5.78 Å². The fourth-order valence-corrected chi connectivity index (χ4v) is 1.88. The van der Waals surface area contributed by atoms with E-state index >= 15 is 0 Å². The number of non-ortho nitro benzene ring substituents is 2. The molecule has 0 bridgehead atoms. The lowest BCUT2D eigenvalue weighted by molar-refractivity contribution is -0.394. The van der Waals surface area contributed by atoms with Gasteiger partial charge in [0.05, 0.1) is 15.9 Å². The van der Waals surface area contributed by atoms with Crippen LogP contribution in [0, 0.1) is 20.2 Å². The first-order valence-corrected chi connectivity index (χ1v) is 6.63. The minimum absolute atomic E-state index is 0.0142. The van der Waals surface area contributed by atoms with Crippen molar-refractivity contribution in [1.82, 2.24) is 0 Å². The summed E-state index contributed by atoms with van der Waals surface area (Å²) in [5.74, 6) is -0.631. The van der Waals surface area contributed by atoms with Gasteiger partial charge in [-0.25, -0.2) is 0 Å². The van der Waals surface area contributed by atoms with Gasteiger partial charge in [0.1, 0.15) is 12.3 Å². The van der Waals surface area contributed by atoms with Crippen LogP contribution >= 0.6 is 0 Å². The summed E-state index contributed by atoms with van der Waals surface area (Å²) in [4.78, 5) is 35.9. The molecule has 0 heterocycles. The smallest absolute Gasteiger partial charge is 0.277 e. The zero-order valence-electron chi connectivity index (χ0n) is 12.2. The lowest BCUT2D eigenvalue weighted by Crippen LogP contribution is -2.06. The van der Waals surface area contributed by atoms with Crippen molar-refractivity contribution < 1.29 is 19.7 Å². The Hall–Kier alpha value is -3.62. The Morgan fingerprint density at radius 2 is 1.67 bits per heavy atom. The number of hydrogen-bond acceptors (Lipinski definition) is 7. The summed E-state index contributed by atoms with van der Waals surface area (Å²) in [6.07, 6.45) is 1.28. The molecule has 0 aliphatic carbocycles. The van der Waals surface area contributed by atoms with Gasteiger partial charge in [-0.15, -0.1) is 0 Å². The molecule has 9 nitrogen and oxygen atoms in total. The summed E-state index contributed by atoms with van der Waals surface area (Å²) in [5, 5.41) is 31.2. The third-order valence-corrected chi connectivity index (χ3v) is 3.05. The molecule has 0 spiro atoms. The number of phenolic OH excluding ortho intramolecular Hbond substituents is 1. The van der Waals surface area contributed by atoms with Crippen LogP contribution in [0.3, 0.4) is 0 Å². The van der Waals surface area contributed by atoms with E-state index in [4.69, 9.17) is 0 Å². The highest BCUT2D eigenvalue weighted by molar-refractivity contribution is 6.00. The number of ketones is 1. The second kappa shape index (κ2) is 7.09. The van der Waals surface area contributed by atoms with E-state index < -0.39 is 27.0 Å². The normalized spacial score (nSPS) is 10.7. The van der Waals surface area contributed by atoms with E-state index in [0.29, 0.717) is 5.56 Å². The van der Waals surface area contributed by atoms with Crippen LogP contribution in [-0.4, -0.2) is 33.5 Å². The van der Waals surface area contributed by atoms with Crippen molar-refractivity contribution in [3.8, 4) is 5.75 Å². The van der Waals surface area contributed by atoms with Crippen molar-refractivity contribution in [3.63, 3.8) is 0 Å². The van der Waals surface area contributed by atoms with Crippen LogP contribution in [0.5, 0.6) is 5.75 Å². The highest BCUT2D eigenvalue weighted by Crippen LogP contribution is 2.23. The predicted molar refractivity (Wildman–Crippen MR) is 84.6 cm³/mol. The van der Waals surface area contributed by atoms with Crippen molar-refractivity contribution in [1.29, 1.82) is 0 Å². The number of Topliss-reactive ketones (excluding diaryl/α,β-unsaturated/α-hetero) is 1. The zero-order chi connectivity index (χ0) is 17.7. The third-order valence-electron chi connectivity index (χ3n) is 3.05. The quantitative estimate of drug-likeness (QED) is 0.374. The first kappa shape index (κ1) is 16.7. The standard InChI is InChI=1S/C15H11N3O6/c19-14-4-2-1-3-10(14)8-16-9-15(20)11-5-12(17(21)22)7-13(6-11)18(23)24/h1-8,19H,9H2. The van der Waals surface area contributed by atoms with Crippen LogP contribution < -0.4 is 0 Å². The van der Waals surface area contributed by atoms with Crippen molar-refractivity contribution in [3.05, 3.63) is 73.8 Å². The van der Waals surface area contributed by atoms with Crippen molar-refractivity contribution in [2.24, 2.45) is 4.99 Å². The minimum Gasteiger partial charge on any atom is -0.507 e. The molecule has 0 unspecified atom stereocenters. The highest BCUT2D eigenvalue weighted by Gasteiger charge is 2.19. The van der Waals surface area contributed by atoms with Crippen LogP contribution in [0.25, 0.3) is 0 Å². The SMILES string of the molecule is O=C(CN=Cc1ccccc1O)c1cc([N+](=O)[O-])cc([N+](=O)[O-])c1. The van der Waals surface area contributed by atoms with Gasteiger partial charge < -0.3 is 5.11 Å². The van der Waals surface area contributed by atoms with Gasteiger partial charge in [0.2, 0.25) is 0 Å². The highest BCUT2D eigenvalue weighted by atomic mass is 16.6. The summed E-state index contributed by atoms with van der Waals surface area (Å²) in [5.41, 5.74) is -0.866. The molecule has 1 N–H and O–H groups in total. The molecule has 0 aliphatic rings. The van der Waals surface area contributed by atoms with E-state index in [1.165, 1.54) is 12.3 Å². The monoisotopic (exact) mass is 329 g/mol. The predicted octanol–water partition coefficient (Wildman–Crippen LogP) is 2.51. The maximum atomic E-state index is 12.0. The Balaban J connectivity index is 2.22. The van der Waals surface area contributed by atoms with E-state index in [2.05, 4.69) is 4.99 Å². The van der Waals surface area contributed by atoms with Crippen molar-refractivity contribution >= 4 is 23.4 Å². The van der Waals surface area contributed by atoms with E-state index in [0.717, 1.165) is 18.2 Å². The van der Waals surface area contributed by atoms with Gasteiger partial charge in [-0.3, -0.25) is 30.0 Å². The van der Waals surface area contributed by atoms with Gasteiger partial charge in [-0.1, -0.05) is 12.1 Å². The molecule has 9 heteroatoms. The summed E-state index contributed by atoms with van der Waals surface area (Å²) in [7, 11) is 0. The number of aliphatic imine (C=N–C) groups is 1. The number of benzene rings is 2. The number of nitro groups is 2. The molecular weight excluding hydrogens is 318 g/mol. The first-order valence-electron chi connectivity index (χ1n) is 6.63. The average Bonchev–Trinajstić information content (AvgIpc) is 2.56. The number of aromatic hydroxyl groups is 1. The Morgan fingerprint density at radius 1 is 1.08 bits per heavy atom. The number of rotatable bonds is 6. The summed E-state index contributed by atoms with van der Waals surface area (Å²) >= 11 is 0. The van der Waals surface area contributed by atoms with Crippen LogP contribution in [0.2, 0.25) is 0 Å². The van der Waals surface area contributed by atoms with E-state index in [-0.39, 0.29) is 17.9 Å². The largest absolute Gasteiger partial charge is 0.507 e. The number of nitrogens with zero attached hydrogens (tertiary/aromatic N) is 3. The summed E-state index contributed by atoms with van der Waals surface area (Å²) in [6, 6.07) is 9.04. The fourth-order valence-electron chi connectivity index (χ4n) is 1.88. The van der Waals surface area contributed by atoms with E-state index in [9.17, 15) is 30.1 Å². The van der Waals surface area contributed by atoms with Gasteiger partial charge in [-0.05, 0) is 12.1 Å². The molecular formula is C15H11N3O6. The van der Waals surface area contributed by atoms with Crippen LogP contribution in [0.1, 0.15) is 15.9 Å². The second-order valence-electron chi connectivity index (χ2n) is 4.70. The van der Waals surface area contributed by atoms with Gasteiger partial charge in [0, 0.05) is 29.5 Å². The Kier molecular flexibility index (Phi) is 4.95. The Bertz CT molecular complexity index is 815. The molecule has 0 aliphatic heterocycles. The Labute approximate surface area is 135 Å². The second-order valence-corrected chi connectivity index (χ2v) is 4.70. The topological polar surface area (TPSA) is 136 Å². The molecule has 0 amide bonds. The lowest BCUT2D eigenvalue weighted by Gasteiger charge is -2.00. The van der Waals surface area contributed by atoms with Crippen LogP contribution in [0.4, 0.5) is 11.4 Å². The van der Waals surface area contributed by atoms with E-state index in [1.54, 1.807) is 18.2 Å². The molecule has 0 aromatic heterocycles. The molecule has 2 aromatic carbocycles.